The van der Waals surface area contributed by atoms with E-state index in [0.29, 0.717) is 23.4 Å². The first kappa shape index (κ1) is 28.2. The molecule has 0 fully saturated rings. The lowest BCUT2D eigenvalue weighted by Gasteiger charge is -2.44. The molecule has 4 aromatic rings. The molecule has 0 bridgehead atoms. The number of anilines is 2. The minimum absolute atomic E-state index is 0.194. The fraction of sp³-hybridized carbons (Fsp3) is 0.176. The lowest BCUT2D eigenvalue weighted by Crippen LogP contribution is -2.52. The second-order valence-electron chi connectivity index (χ2n) is 9.71. The molecule has 7 heteroatoms. The fourth-order valence-corrected chi connectivity index (χ4v) is 5.72. The molecule has 0 saturated carbocycles. The van der Waals surface area contributed by atoms with Crippen LogP contribution in [0.15, 0.2) is 125 Å². The number of carbonyl (C=O) groups excluding carboxylic acids is 2. The molecule has 1 N–H and O–H groups in total. The molecule has 0 aromatic heterocycles. The van der Waals surface area contributed by atoms with Crippen LogP contribution in [0.25, 0.3) is 0 Å². The van der Waals surface area contributed by atoms with Crippen molar-refractivity contribution in [3.8, 4) is 0 Å². The number of nitrogens with one attached hydrogen (secondary N) is 1. The van der Waals surface area contributed by atoms with Gasteiger partial charge in [0, 0.05) is 28.6 Å². The first-order valence-corrected chi connectivity index (χ1v) is 14.2. The zero-order chi connectivity index (χ0) is 28.8. The first-order valence-electron chi connectivity index (χ1n) is 13.4. The van der Waals surface area contributed by atoms with Crippen LogP contribution in [0.3, 0.4) is 0 Å². The maximum Gasteiger partial charge on any atom is 0.337 e. The summed E-state index contributed by atoms with van der Waals surface area (Å²) in [6.45, 7) is 2.50. The number of hydrogen-bond donors (Lipinski definition) is 1. The third-order valence-electron chi connectivity index (χ3n) is 7.23. The lowest BCUT2D eigenvalue weighted by molar-refractivity contribution is -0.147. The van der Waals surface area contributed by atoms with Crippen LogP contribution >= 0.6 is 15.9 Å². The van der Waals surface area contributed by atoms with Gasteiger partial charge in [-0.05, 0) is 53.9 Å². The quantitative estimate of drug-likeness (QED) is 0.202. The second-order valence-corrected chi connectivity index (χ2v) is 10.6. The van der Waals surface area contributed by atoms with Crippen LogP contribution in [-0.2, 0) is 31.1 Å². The molecular formula is C34H31BrN2O4. The van der Waals surface area contributed by atoms with Crippen LogP contribution < -0.4 is 10.2 Å². The number of rotatable bonds is 9. The van der Waals surface area contributed by atoms with E-state index < -0.39 is 23.4 Å². The Morgan fingerprint density at radius 1 is 0.878 bits per heavy atom. The highest BCUT2D eigenvalue weighted by Gasteiger charge is 2.54. The summed E-state index contributed by atoms with van der Waals surface area (Å²) in [5.74, 6) is -1.81. The van der Waals surface area contributed by atoms with Crippen molar-refractivity contribution in [2.45, 2.75) is 24.9 Å². The van der Waals surface area contributed by atoms with Crippen molar-refractivity contribution in [1.29, 1.82) is 0 Å². The molecule has 1 heterocycles. The number of nitrogens with zero attached hydrogens (tertiary/aromatic N) is 1. The average Bonchev–Trinajstić information content (AvgIpc) is 3.01. The molecule has 5 rings (SSSR count). The third kappa shape index (κ3) is 5.63. The van der Waals surface area contributed by atoms with Gasteiger partial charge in [-0.15, -0.1) is 0 Å². The maximum atomic E-state index is 14.2. The Balaban J connectivity index is 1.78. The molecule has 4 aromatic carbocycles. The number of fused-ring (bicyclic) bond motifs is 1. The van der Waals surface area contributed by atoms with Gasteiger partial charge >= 0.3 is 11.9 Å². The SMILES string of the molecule is CCOC(=O)C1=CN(Cc2ccccc2)c2ccccc2[C@H]1[C@](Nc1ccc(Br)cc1)(C(=O)OC)c1ccccc1. The largest absolute Gasteiger partial charge is 0.467 e. The number of esters is 2. The minimum Gasteiger partial charge on any atom is -0.467 e. The Hall–Kier alpha value is -4.36. The highest BCUT2D eigenvalue weighted by molar-refractivity contribution is 9.10. The molecule has 6 nitrogen and oxygen atoms in total. The summed E-state index contributed by atoms with van der Waals surface area (Å²) in [6.07, 6.45) is 1.82. The molecular weight excluding hydrogens is 580 g/mol. The molecule has 0 saturated heterocycles. The zero-order valence-corrected chi connectivity index (χ0v) is 24.5. The highest BCUT2D eigenvalue weighted by atomic mass is 79.9. The van der Waals surface area contributed by atoms with Gasteiger partial charge in [0.1, 0.15) is 0 Å². The van der Waals surface area contributed by atoms with Gasteiger partial charge in [0.2, 0.25) is 0 Å². The van der Waals surface area contributed by atoms with Gasteiger partial charge in [-0.25, -0.2) is 9.59 Å². The Bertz CT molecular complexity index is 1540. The topological polar surface area (TPSA) is 67.9 Å². The van der Waals surface area contributed by atoms with Crippen LogP contribution in [0.2, 0.25) is 0 Å². The van der Waals surface area contributed by atoms with Crippen LogP contribution in [0.1, 0.15) is 29.5 Å². The number of ether oxygens (including phenoxy) is 2. The van der Waals surface area contributed by atoms with E-state index in [0.717, 1.165) is 21.3 Å². The van der Waals surface area contributed by atoms with E-state index >= 15 is 0 Å². The Kier molecular flexibility index (Phi) is 8.55. The minimum atomic E-state index is -1.52. The predicted molar refractivity (Wildman–Crippen MR) is 164 cm³/mol. The molecule has 0 radical (unpaired) electrons. The molecule has 1 aliphatic heterocycles. The monoisotopic (exact) mass is 610 g/mol. The van der Waals surface area contributed by atoms with Crippen molar-refractivity contribution >= 4 is 39.2 Å². The average molecular weight is 612 g/mol. The van der Waals surface area contributed by atoms with Crippen molar-refractivity contribution in [2.75, 3.05) is 23.9 Å². The molecule has 0 unspecified atom stereocenters. The molecule has 0 amide bonds. The van der Waals surface area contributed by atoms with Gasteiger partial charge in [0.25, 0.3) is 0 Å². The first-order chi connectivity index (χ1) is 20.0. The van der Waals surface area contributed by atoms with Gasteiger partial charge in [0.15, 0.2) is 5.54 Å². The van der Waals surface area contributed by atoms with E-state index in [2.05, 4.69) is 21.2 Å². The van der Waals surface area contributed by atoms with Crippen molar-refractivity contribution in [1.82, 2.24) is 0 Å². The smallest absolute Gasteiger partial charge is 0.337 e. The summed E-state index contributed by atoms with van der Waals surface area (Å²) in [4.78, 5) is 30.1. The summed E-state index contributed by atoms with van der Waals surface area (Å²) in [6, 6.07) is 34.9. The molecule has 208 valence electrons. The third-order valence-corrected chi connectivity index (χ3v) is 7.75. The van der Waals surface area contributed by atoms with E-state index in [9.17, 15) is 9.59 Å². The number of benzene rings is 4. The highest BCUT2D eigenvalue weighted by Crippen LogP contribution is 2.51. The Labute approximate surface area is 248 Å². The van der Waals surface area contributed by atoms with Crippen LogP contribution in [0, 0.1) is 0 Å². The summed E-state index contributed by atoms with van der Waals surface area (Å²) in [7, 11) is 1.37. The number of carbonyl (C=O) groups is 2. The van der Waals surface area contributed by atoms with E-state index in [1.54, 1.807) is 6.92 Å². The normalized spacial score (nSPS) is 15.6. The second kappa shape index (κ2) is 12.4. The van der Waals surface area contributed by atoms with Crippen molar-refractivity contribution in [3.05, 3.63) is 142 Å². The number of methoxy groups -OCH3 is 1. The summed E-state index contributed by atoms with van der Waals surface area (Å²) in [5, 5.41) is 3.53. The van der Waals surface area contributed by atoms with Crippen LogP contribution in [0.4, 0.5) is 11.4 Å². The van der Waals surface area contributed by atoms with Gasteiger partial charge in [-0.2, -0.15) is 0 Å². The Morgan fingerprint density at radius 3 is 2.17 bits per heavy atom. The lowest BCUT2D eigenvalue weighted by atomic mass is 9.68. The van der Waals surface area contributed by atoms with Gasteiger partial charge in [-0.3, -0.25) is 0 Å². The fourth-order valence-electron chi connectivity index (χ4n) is 5.46. The van der Waals surface area contributed by atoms with E-state index in [1.165, 1.54) is 7.11 Å². The summed E-state index contributed by atoms with van der Waals surface area (Å²) >= 11 is 3.49. The Morgan fingerprint density at radius 2 is 1.51 bits per heavy atom. The molecule has 41 heavy (non-hydrogen) atoms. The van der Waals surface area contributed by atoms with Gasteiger partial charge in [-0.1, -0.05) is 94.8 Å². The summed E-state index contributed by atoms with van der Waals surface area (Å²) < 4.78 is 12.1. The molecule has 0 aliphatic carbocycles. The molecule has 1 aliphatic rings. The van der Waals surface area contributed by atoms with Gasteiger partial charge < -0.3 is 19.7 Å². The van der Waals surface area contributed by atoms with Crippen molar-refractivity contribution in [3.63, 3.8) is 0 Å². The standard InChI is InChI=1S/C34H31BrN2O4/c1-3-41-32(38)29-23-37(22-24-12-6-4-7-13-24)30-17-11-10-16-28(30)31(29)34(33(39)40-2,25-14-8-5-9-15-25)36-27-20-18-26(35)19-21-27/h4-21,23,31,36H,3,22H2,1-2H3/t31-,34+/m1/s1. The van der Waals surface area contributed by atoms with Crippen LogP contribution in [0.5, 0.6) is 0 Å². The number of halogens is 1. The maximum absolute atomic E-state index is 14.2. The molecule has 2 atom stereocenters. The van der Waals surface area contributed by atoms with E-state index in [4.69, 9.17) is 9.47 Å². The van der Waals surface area contributed by atoms with Crippen LogP contribution in [-0.4, -0.2) is 25.7 Å². The zero-order valence-electron chi connectivity index (χ0n) is 22.9. The molecule has 0 spiro atoms. The van der Waals surface area contributed by atoms with Crippen molar-refractivity contribution in [2.24, 2.45) is 0 Å². The predicted octanol–water partition coefficient (Wildman–Crippen LogP) is 7.18. The number of hydrogen-bond acceptors (Lipinski definition) is 6. The number of para-hydroxylation sites is 1. The van der Waals surface area contributed by atoms with Gasteiger partial charge in [0.05, 0.1) is 25.2 Å². The van der Waals surface area contributed by atoms with E-state index in [1.807, 2.05) is 120 Å². The van der Waals surface area contributed by atoms with E-state index in [-0.39, 0.29) is 6.61 Å². The summed E-state index contributed by atoms with van der Waals surface area (Å²) in [5.41, 5.74) is 2.94. The van der Waals surface area contributed by atoms with Crippen molar-refractivity contribution < 1.29 is 19.1 Å².